The van der Waals surface area contributed by atoms with E-state index in [2.05, 4.69) is 10.1 Å². The van der Waals surface area contributed by atoms with E-state index in [4.69, 9.17) is 10.3 Å². The predicted molar refractivity (Wildman–Crippen MR) is 61.6 cm³/mol. The molecule has 1 aromatic heterocycles. The number of benzene rings is 1. The van der Waals surface area contributed by atoms with Gasteiger partial charge in [-0.2, -0.15) is 4.98 Å². The first-order valence-electron chi connectivity index (χ1n) is 5.27. The standard InChI is InChI=1S/C12H14FN3O/c1-7-6-8(4-5-9(7)13)10-15-11(16-17-10)12(2,3)14/h4-6H,14H2,1-3H3. The molecule has 0 radical (unpaired) electrons. The minimum Gasteiger partial charge on any atom is -0.334 e. The molecule has 90 valence electrons. The monoisotopic (exact) mass is 235 g/mol. The molecule has 0 saturated heterocycles. The fourth-order valence-electron chi connectivity index (χ4n) is 1.38. The molecule has 0 spiro atoms. The van der Waals surface area contributed by atoms with E-state index in [-0.39, 0.29) is 5.82 Å². The van der Waals surface area contributed by atoms with Crippen molar-refractivity contribution in [3.63, 3.8) is 0 Å². The quantitative estimate of drug-likeness (QED) is 0.867. The van der Waals surface area contributed by atoms with Crippen molar-refractivity contribution < 1.29 is 8.91 Å². The number of hydrogen-bond acceptors (Lipinski definition) is 4. The third-order valence-corrected chi connectivity index (χ3v) is 2.41. The summed E-state index contributed by atoms with van der Waals surface area (Å²) < 4.78 is 18.2. The Morgan fingerprint density at radius 1 is 1.35 bits per heavy atom. The van der Waals surface area contributed by atoms with Crippen LogP contribution >= 0.6 is 0 Å². The van der Waals surface area contributed by atoms with Gasteiger partial charge in [0.15, 0.2) is 5.82 Å². The van der Waals surface area contributed by atoms with Crippen molar-refractivity contribution >= 4 is 0 Å². The van der Waals surface area contributed by atoms with E-state index in [1.165, 1.54) is 6.07 Å². The topological polar surface area (TPSA) is 64.9 Å². The lowest BCUT2D eigenvalue weighted by Gasteiger charge is -2.11. The molecule has 17 heavy (non-hydrogen) atoms. The number of nitrogens with two attached hydrogens (primary N) is 1. The fraction of sp³-hybridized carbons (Fsp3) is 0.333. The average Bonchev–Trinajstić information content (AvgIpc) is 2.70. The zero-order chi connectivity index (χ0) is 12.6. The van der Waals surface area contributed by atoms with Crippen LogP contribution in [-0.2, 0) is 5.54 Å². The summed E-state index contributed by atoms with van der Waals surface area (Å²) in [6, 6.07) is 4.64. The molecule has 0 aliphatic heterocycles. The molecule has 2 aromatic rings. The van der Waals surface area contributed by atoms with Crippen LogP contribution in [-0.4, -0.2) is 10.1 Å². The molecule has 2 rings (SSSR count). The number of halogens is 1. The lowest BCUT2D eigenvalue weighted by Crippen LogP contribution is -2.30. The van der Waals surface area contributed by atoms with Crippen LogP contribution in [0, 0.1) is 12.7 Å². The summed E-state index contributed by atoms with van der Waals surface area (Å²) in [5.41, 5.74) is 6.42. The first-order valence-corrected chi connectivity index (χ1v) is 5.27. The smallest absolute Gasteiger partial charge is 0.258 e. The molecule has 0 unspecified atom stereocenters. The van der Waals surface area contributed by atoms with Gasteiger partial charge in [-0.25, -0.2) is 4.39 Å². The molecule has 0 bridgehead atoms. The molecule has 1 aromatic carbocycles. The molecule has 0 atom stereocenters. The van der Waals surface area contributed by atoms with Gasteiger partial charge in [-0.3, -0.25) is 0 Å². The van der Waals surface area contributed by atoms with Gasteiger partial charge < -0.3 is 10.3 Å². The summed E-state index contributed by atoms with van der Waals surface area (Å²) in [4.78, 5) is 4.20. The Balaban J connectivity index is 2.40. The Kier molecular flexibility index (Phi) is 2.71. The molecule has 0 fully saturated rings. The Morgan fingerprint density at radius 3 is 2.59 bits per heavy atom. The number of rotatable bonds is 2. The van der Waals surface area contributed by atoms with E-state index in [1.54, 1.807) is 32.9 Å². The third kappa shape index (κ3) is 2.34. The van der Waals surface area contributed by atoms with Gasteiger partial charge in [0.25, 0.3) is 5.89 Å². The summed E-state index contributed by atoms with van der Waals surface area (Å²) in [5, 5.41) is 3.81. The van der Waals surface area contributed by atoms with E-state index in [0.717, 1.165) is 0 Å². The minimum atomic E-state index is -0.656. The average molecular weight is 235 g/mol. The second-order valence-corrected chi connectivity index (χ2v) is 4.61. The van der Waals surface area contributed by atoms with E-state index < -0.39 is 5.54 Å². The highest BCUT2D eigenvalue weighted by atomic mass is 19.1. The van der Waals surface area contributed by atoms with Crippen molar-refractivity contribution in [2.75, 3.05) is 0 Å². The van der Waals surface area contributed by atoms with Crippen LogP contribution in [0.5, 0.6) is 0 Å². The molecular weight excluding hydrogens is 221 g/mol. The molecule has 0 aliphatic rings. The molecule has 2 N–H and O–H groups in total. The summed E-state index contributed by atoms with van der Waals surface area (Å²) in [7, 11) is 0. The van der Waals surface area contributed by atoms with Gasteiger partial charge in [0.1, 0.15) is 5.82 Å². The van der Waals surface area contributed by atoms with E-state index in [9.17, 15) is 4.39 Å². The van der Waals surface area contributed by atoms with Gasteiger partial charge in [0, 0.05) is 5.56 Å². The second kappa shape index (κ2) is 3.92. The SMILES string of the molecule is Cc1cc(-c2nc(C(C)(C)N)no2)ccc1F. The zero-order valence-electron chi connectivity index (χ0n) is 9.99. The van der Waals surface area contributed by atoms with Gasteiger partial charge in [-0.15, -0.1) is 0 Å². The van der Waals surface area contributed by atoms with Crippen molar-refractivity contribution in [3.05, 3.63) is 35.4 Å². The molecule has 4 nitrogen and oxygen atoms in total. The largest absolute Gasteiger partial charge is 0.334 e. The van der Waals surface area contributed by atoms with Gasteiger partial charge in [-0.1, -0.05) is 5.16 Å². The highest BCUT2D eigenvalue weighted by molar-refractivity contribution is 5.54. The minimum absolute atomic E-state index is 0.257. The van der Waals surface area contributed by atoms with Crippen LogP contribution in [0.3, 0.4) is 0 Å². The van der Waals surface area contributed by atoms with Crippen LogP contribution in [0.2, 0.25) is 0 Å². The lowest BCUT2D eigenvalue weighted by atomic mass is 10.1. The van der Waals surface area contributed by atoms with Crippen molar-refractivity contribution in [1.82, 2.24) is 10.1 Å². The maximum absolute atomic E-state index is 13.1. The molecule has 1 heterocycles. The Morgan fingerprint density at radius 2 is 2.06 bits per heavy atom. The van der Waals surface area contributed by atoms with Crippen molar-refractivity contribution in [1.29, 1.82) is 0 Å². The summed E-state index contributed by atoms with van der Waals surface area (Å²) in [5.74, 6) is 0.517. The van der Waals surface area contributed by atoms with Gasteiger partial charge >= 0.3 is 0 Å². The number of aromatic nitrogens is 2. The molecule has 0 aliphatic carbocycles. The highest BCUT2D eigenvalue weighted by Crippen LogP contribution is 2.22. The molecular formula is C12H14FN3O. The summed E-state index contributed by atoms with van der Waals surface area (Å²) in [6.07, 6.45) is 0. The lowest BCUT2D eigenvalue weighted by molar-refractivity contribution is 0.397. The second-order valence-electron chi connectivity index (χ2n) is 4.61. The van der Waals surface area contributed by atoms with Crippen LogP contribution in [0.1, 0.15) is 25.2 Å². The Labute approximate surface area is 98.6 Å². The van der Waals surface area contributed by atoms with E-state index >= 15 is 0 Å². The molecule has 5 heteroatoms. The van der Waals surface area contributed by atoms with Crippen LogP contribution in [0.15, 0.2) is 22.7 Å². The number of hydrogen-bond donors (Lipinski definition) is 1. The van der Waals surface area contributed by atoms with Crippen molar-refractivity contribution in [2.24, 2.45) is 5.73 Å². The van der Waals surface area contributed by atoms with Gasteiger partial charge in [-0.05, 0) is 44.5 Å². The van der Waals surface area contributed by atoms with E-state index in [1.807, 2.05) is 0 Å². The normalized spacial score (nSPS) is 11.8. The third-order valence-electron chi connectivity index (χ3n) is 2.41. The van der Waals surface area contributed by atoms with Crippen molar-refractivity contribution in [3.8, 4) is 11.5 Å². The first kappa shape index (κ1) is 11.7. The maximum atomic E-state index is 13.1. The van der Waals surface area contributed by atoms with E-state index in [0.29, 0.717) is 22.8 Å². The Hall–Kier alpha value is -1.75. The fourth-order valence-corrected chi connectivity index (χ4v) is 1.38. The summed E-state index contributed by atoms with van der Waals surface area (Å²) >= 11 is 0. The highest BCUT2D eigenvalue weighted by Gasteiger charge is 2.22. The number of nitrogens with zero attached hydrogens (tertiary/aromatic N) is 2. The van der Waals surface area contributed by atoms with Gasteiger partial charge in [0.05, 0.1) is 5.54 Å². The molecule has 0 amide bonds. The zero-order valence-corrected chi connectivity index (χ0v) is 9.99. The first-order chi connectivity index (χ1) is 7.88. The molecule has 0 saturated carbocycles. The number of aryl methyl sites for hydroxylation is 1. The summed E-state index contributed by atoms with van der Waals surface area (Å²) in [6.45, 7) is 5.26. The Bertz CT molecular complexity index is 543. The van der Waals surface area contributed by atoms with Crippen molar-refractivity contribution in [2.45, 2.75) is 26.3 Å². The maximum Gasteiger partial charge on any atom is 0.258 e. The van der Waals surface area contributed by atoms with Crippen LogP contribution in [0.4, 0.5) is 4.39 Å². The van der Waals surface area contributed by atoms with Crippen LogP contribution < -0.4 is 5.73 Å². The predicted octanol–water partition coefficient (Wildman–Crippen LogP) is 2.38. The van der Waals surface area contributed by atoms with Crippen LogP contribution in [0.25, 0.3) is 11.5 Å². The van der Waals surface area contributed by atoms with Gasteiger partial charge in [0.2, 0.25) is 0 Å².